The highest BCUT2D eigenvalue weighted by molar-refractivity contribution is 5.89. The smallest absolute Gasteiger partial charge is 0.225 e. The van der Waals surface area contributed by atoms with Crippen LogP contribution in [0.5, 0.6) is 5.75 Å². The van der Waals surface area contributed by atoms with Gasteiger partial charge in [0.2, 0.25) is 5.91 Å². The first kappa shape index (κ1) is 10.5. The van der Waals surface area contributed by atoms with Crippen molar-refractivity contribution in [2.24, 2.45) is 0 Å². The number of hydrogen-bond acceptors (Lipinski definition) is 3. The number of nitrogens with one attached hydrogen (secondary N) is 1. The van der Waals surface area contributed by atoms with Crippen molar-refractivity contribution in [3.63, 3.8) is 0 Å². The Morgan fingerprint density at radius 3 is 3.07 bits per heavy atom. The molecule has 4 heteroatoms. The van der Waals surface area contributed by atoms with Crippen LogP contribution >= 0.6 is 0 Å². The fourth-order valence-corrected chi connectivity index (χ4v) is 1.04. The lowest BCUT2D eigenvalue weighted by Crippen LogP contribution is -2.11. The summed E-state index contributed by atoms with van der Waals surface area (Å²) < 4.78 is 5.01. The lowest BCUT2D eigenvalue weighted by Gasteiger charge is -2.04. The van der Waals surface area contributed by atoms with Gasteiger partial charge in [-0.15, -0.1) is 0 Å². The van der Waals surface area contributed by atoms with Crippen molar-refractivity contribution >= 4 is 11.7 Å². The van der Waals surface area contributed by atoms with Crippen LogP contribution in [0, 0.1) is 0 Å². The van der Waals surface area contributed by atoms with Gasteiger partial charge in [-0.3, -0.25) is 4.79 Å². The van der Waals surface area contributed by atoms with E-state index in [0.29, 0.717) is 18.0 Å². The Bertz CT molecular complexity index is 313. The number of carbonyl (C=O) groups is 1. The molecule has 0 radical (unpaired) electrons. The molecule has 0 unspecified atom stereocenters. The molecule has 1 rings (SSSR count). The number of ether oxygens (including phenoxy) is 1. The number of pyridine rings is 1. The predicted octanol–water partition coefficient (Wildman–Crippen LogP) is 1.83. The second-order valence-corrected chi connectivity index (χ2v) is 2.88. The first-order valence-corrected chi connectivity index (χ1v) is 4.56. The third kappa shape index (κ3) is 3.05. The van der Waals surface area contributed by atoms with Gasteiger partial charge in [0.05, 0.1) is 7.11 Å². The van der Waals surface area contributed by atoms with Gasteiger partial charge in [0, 0.05) is 18.7 Å². The number of methoxy groups -OCH3 is 1. The number of hydrogen-bond donors (Lipinski definition) is 1. The minimum atomic E-state index is -0.0201. The second-order valence-electron chi connectivity index (χ2n) is 2.88. The van der Waals surface area contributed by atoms with E-state index in [0.717, 1.165) is 6.42 Å². The summed E-state index contributed by atoms with van der Waals surface area (Å²) in [7, 11) is 1.58. The number of aromatic nitrogens is 1. The van der Waals surface area contributed by atoms with Crippen molar-refractivity contribution in [1.82, 2.24) is 4.98 Å². The largest absolute Gasteiger partial charge is 0.497 e. The molecule has 0 saturated carbocycles. The zero-order chi connectivity index (χ0) is 10.4. The van der Waals surface area contributed by atoms with Crippen LogP contribution < -0.4 is 10.1 Å². The Morgan fingerprint density at radius 2 is 2.43 bits per heavy atom. The zero-order valence-electron chi connectivity index (χ0n) is 8.41. The highest BCUT2D eigenvalue weighted by Crippen LogP contribution is 2.13. The van der Waals surface area contributed by atoms with Gasteiger partial charge in [-0.25, -0.2) is 4.98 Å². The molecule has 0 atom stereocenters. The Balaban J connectivity index is 2.62. The van der Waals surface area contributed by atoms with E-state index in [9.17, 15) is 4.79 Å². The Morgan fingerprint density at radius 1 is 1.64 bits per heavy atom. The van der Waals surface area contributed by atoms with E-state index >= 15 is 0 Å². The van der Waals surface area contributed by atoms with Crippen LogP contribution in [0.25, 0.3) is 0 Å². The minimum absolute atomic E-state index is 0.0201. The van der Waals surface area contributed by atoms with E-state index in [4.69, 9.17) is 4.74 Å². The van der Waals surface area contributed by atoms with Gasteiger partial charge in [-0.1, -0.05) is 6.92 Å². The summed E-state index contributed by atoms with van der Waals surface area (Å²) in [6.07, 6.45) is 2.94. The maximum atomic E-state index is 11.2. The summed E-state index contributed by atoms with van der Waals surface area (Å²) in [5, 5.41) is 2.69. The van der Waals surface area contributed by atoms with Crippen molar-refractivity contribution in [2.75, 3.05) is 12.4 Å². The molecule has 1 aromatic rings. The summed E-state index contributed by atoms with van der Waals surface area (Å²) in [6.45, 7) is 1.96. The van der Waals surface area contributed by atoms with Gasteiger partial charge in [0.1, 0.15) is 11.6 Å². The highest BCUT2D eigenvalue weighted by atomic mass is 16.5. The summed E-state index contributed by atoms with van der Waals surface area (Å²) >= 11 is 0. The molecule has 1 heterocycles. The van der Waals surface area contributed by atoms with E-state index in [1.54, 1.807) is 25.4 Å². The molecule has 0 aromatic carbocycles. The van der Waals surface area contributed by atoms with Crippen LogP contribution in [0.2, 0.25) is 0 Å². The van der Waals surface area contributed by atoms with Crippen molar-refractivity contribution < 1.29 is 9.53 Å². The topological polar surface area (TPSA) is 51.2 Å². The fourth-order valence-electron chi connectivity index (χ4n) is 1.04. The van der Waals surface area contributed by atoms with Crippen LogP contribution in [0.4, 0.5) is 5.82 Å². The SMILES string of the molecule is CCCC(=O)Nc1cc(OC)ccn1. The highest BCUT2D eigenvalue weighted by Gasteiger charge is 2.02. The average Bonchev–Trinajstić information content (AvgIpc) is 2.18. The van der Waals surface area contributed by atoms with E-state index in [1.807, 2.05) is 6.92 Å². The maximum absolute atomic E-state index is 11.2. The van der Waals surface area contributed by atoms with Crippen molar-refractivity contribution in [3.8, 4) is 5.75 Å². The van der Waals surface area contributed by atoms with Gasteiger partial charge < -0.3 is 10.1 Å². The standard InChI is InChI=1S/C10H14N2O2/c1-3-4-10(13)12-9-7-8(14-2)5-6-11-9/h5-7H,3-4H2,1-2H3,(H,11,12,13). The van der Waals surface area contributed by atoms with Gasteiger partial charge in [-0.05, 0) is 12.5 Å². The lowest BCUT2D eigenvalue weighted by atomic mass is 10.3. The lowest BCUT2D eigenvalue weighted by molar-refractivity contribution is -0.116. The molecule has 0 spiro atoms. The molecule has 4 nitrogen and oxygen atoms in total. The minimum Gasteiger partial charge on any atom is -0.497 e. The van der Waals surface area contributed by atoms with Crippen molar-refractivity contribution in [3.05, 3.63) is 18.3 Å². The Hall–Kier alpha value is -1.58. The van der Waals surface area contributed by atoms with Crippen molar-refractivity contribution in [2.45, 2.75) is 19.8 Å². The molecular weight excluding hydrogens is 180 g/mol. The zero-order valence-corrected chi connectivity index (χ0v) is 8.41. The first-order valence-electron chi connectivity index (χ1n) is 4.56. The molecule has 1 N–H and O–H groups in total. The number of nitrogens with zero attached hydrogens (tertiary/aromatic N) is 1. The van der Waals surface area contributed by atoms with E-state index < -0.39 is 0 Å². The van der Waals surface area contributed by atoms with E-state index in [-0.39, 0.29) is 5.91 Å². The van der Waals surface area contributed by atoms with Crippen LogP contribution in [-0.4, -0.2) is 18.0 Å². The molecule has 0 aliphatic carbocycles. The van der Waals surface area contributed by atoms with Gasteiger partial charge in [-0.2, -0.15) is 0 Å². The normalized spacial score (nSPS) is 9.57. The number of rotatable bonds is 4. The summed E-state index contributed by atoms with van der Waals surface area (Å²) in [5.74, 6) is 1.20. The van der Waals surface area contributed by atoms with E-state index in [1.165, 1.54) is 0 Å². The molecule has 0 fully saturated rings. The van der Waals surface area contributed by atoms with Gasteiger partial charge >= 0.3 is 0 Å². The van der Waals surface area contributed by atoms with Crippen LogP contribution in [0.1, 0.15) is 19.8 Å². The van der Waals surface area contributed by atoms with Crippen LogP contribution in [0.3, 0.4) is 0 Å². The number of amides is 1. The summed E-state index contributed by atoms with van der Waals surface area (Å²) in [4.78, 5) is 15.2. The molecule has 1 aromatic heterocycles. The third-order valence-corrected chi connectivity index (χ3v) is 1.71. The molecule has 76 valence electrons. The van der Waals surface area contributed by atoms with Gasteiger partial charge in [0.25, 0.3) is 0 Å². The quantitative estimate of drug-likeness (QED) is 0.795. The third-order valence-electron chi connectivity index (χ3n) is 1.71. The molecule has 1 amide bonds. The van der Waals surface area contributed by atoms with Gasteiger partial charge in [0.15, 0.2) is 0 Å². The van der Waals surface area contributed by atoms with Crippen LogP contribution in [-0.2, 0) is 4.79 Å². The molecule has 0 bridgehead atoms. The van der Waals surface area contributed by atoms with Crippen LogP contribution in [0.15, 0.2) is 18.3 Å². The Kier molecular flexibility index (Phi) is 3.91. The number of anilines is 1. The first-order chi connectivity index (χ1) is 6.76. The maximum Gasteiger partial charge on any atom is 0.225 e. The Labute approximate surface area is 83.3 Å². The van der Waals surface area contributed by atoms with Crippen molar-refractivity contribution in [1.29, 1.82) is 0 Å². The molecule has 0 saturated heterocycles. The number of carbonyl (C=O) groups excluding carboxylic acids is 1. The van der Waals surface area contributed by atoms with E-state index in [2.05, 4.69) is 10.3 Å². The predicted molar refractivity (Wildman–Crippen MR) is 54.3 cm³/mol. The molecular formula is C10H14N2O2. The average molecular weight is 194 g/mol. The monoisotopic (exact) mass is 194 g/mol. The second kappa shape index (κ2) is 5.21. The molecule has 14 heavy (non-hydrogen) atoms. The molecule has 0 aliphatic heterocycles. The summed E-state index contributed by atoms with van der Waals surface area (Å²) in [5.41, 5.74) is 0. The molecule has 0 aliphatic rings. The summed E-state index contributed by atoms with van der Waals surface area (Å²) in [6, 6.07) is 3.42. The fraction of sp³-hybridized carbons (Fsp3) is 0.400.